The number of nitrogens with one attached hydrogen (secondary N) is 1. The van der Waals surface area contributed by atoms with Gasteiger partial charge in [-0.15, -0.1) is 24.0 Å². The maximum atomic E-state index is 5.37. The summed E-state index contributed by atoms with van der Waals surface area (Å²) < 4.78 is 5.10. The van der Waals surface area contributed by atoms with E-state index in [4.69, 9.17) is 10.6 Å². The molecule has 2 rings (SSSR count). The molecule has 0 saturated heterocycles. The van der Waals surface area contributed by atoms with Gasteiger partial charge in [-0.25, -0.2) is 10.8 Å². The monoisotopic (exact) mass is 334 g/mol. The Morgan fingerprint density at radius 1 is 1.38 bits per heavy atom. The van der Waals surface area contributed by atoms with E-state index in [0.29, 0.717) is 5.96 Å². The molecule has 88 valence electrons. The highest BCUT2D eigenvalue weighted by Gasteiger charge is 2.17. The standard InChI is InChI=1S/C10H14N4O.HI/c1-15-9-4-2-8(3-5-9)14-7-6-12-10(14)13-11;/h2-5H,6-7,11H2,1H3,(H,12,13);1H. The number of ether oxygens (including phenoxy) is 1. The minimum absolute atomic E-state index is 0. The number of hydrogen-bond donors (Lipinski definition) is 2. The van der Waals surface area contributed by atoms with Crippen molar-refractivity contribution < 1.29 is 4.74 Å². The summed E-state index contributed by atoms with van der Waals surface area (Å²) in [4.78, 5) is 6.26. The summed E-state index contributed by atoms with van der Waals surface area (Å²) >= 11 is 0. The van der Waals surface area contributed by atoms with Crippen molar-refractivity contribution in [2.24, 2.45) is 10.8 Å². The second-order valence-corrected chi connectivity index (χ2v) is 3.20. The van der Waals surface area contributed by atoms with Crippen LogP contribution in [0.5, 0.6) is 5.75 Å². The van der Waals surface area contributed by atoms with E-state index >= 15 is 0 Å². The van der Waals surface area contributed by atoms with Crippen LogP contribution in [-0.4, -0.2) is 26.2 Å². The molecule has 0 amide bonds. The summed E-state index contributed by atoms with van der Waals surface area (Å²) in [7, 11) is 1.65. The zero-order chi connectivity index (χ0) is 10.7. The van der Waals surface area contributed by atoms with Crippen molar-refractivity contribution >= 4 is 35.6 Å². The van der Waals surface area contributed by atoms with Crippen LogP contribution in [0, 0.1) is 0 Å². The molecule has 1 aliphatic rings. The maximum Gasteiger partial charge on any atom is 0.213 e. The first-order chi connectivity index (χ1) is 7.35. The van der Waals surface area contributed by atoms with Crippen LogP contribution in [0.2, 0.25) is 0 Å². The molecule has 0 aromatic heterocycles. The number of rotatable bonds is 2. The lowest BCUT2D eigenvalue weighted by Crippen LogP contribution is -2.42. The van der Waals surface area contributed by atoms with Crippen molar-refractivity contribution in [2.45, 2.75) is 0 Å². The Kier molecular flexibility index (Phi) is 4.81. The van der Waals surface area contributed by atoms with E-state index in [0.717, 1.165) is 24.5 Å². The van der Waals surface area contributed by atoms with E-state index in [-0.39, 0.29) is 24.0 Å². The van der Waals surface area contributed by atoms with Crippen molar-refractivity contribution in [3.63, 3.8) is 0 Å². The number of aliphatic imine (C=N–C) groups is 1. The summed E-state index contributed by atoms with van der Waals surface area (Å²) in [5, 5.41) is 0. The summed E-state index contributed by atoms with van der Waals surface area (Å²) in [6.07, 6.45) is 0. The first-order valence-electron chi connectivity index (χ1n) is 4.78. The maximum absolute atomic E-state index is 5.37. The van der Waals surface area contributed by atoms with Gasteiger partial charge in [-0.2, -0.15) is 0 Å². The second kappa shape index (κ2) is 5.90. The van der Waals surface area contributed by atoms with Crippen molar-refractivity contribution in [1.82, 2.24) is 5.43 Å². The molecule has 1 aromatic rings. The number of guanidine groups is 1. The van der Waals surface area contributed by atoms with Crippen LogP contribution >= 0.6 is 24.0 Å². The second-order valence-electron chi connectivity index (χ2n) is 3.20. The van der Waals surface area contributed by atoms with Crippen LogP contribution in [-0.2, 0) is 0 Å². The van der Waals surface area contributed by atoms with E-state index in [2.05, 4.69) is 10.4 Å². The van der Waals surface area contributed by atoms with Crippen LogP contribution in [0.25, 0.3) is 0 Å². The zero-order valence-corrected chi connectivity index (χ0v) is 11.3. The fourth-order valence-corrected chi connectivity index (χ4v) is 1.58. The Hall–Kier alpha value is -1.02. The van der Waals surface area contributed by atoms with E-state index in [1.165, 1.54) is 0 Å². The Bertz CT molecular complexity index is 366. The first kappa shape index (κ1) is 13.0. The Balaban J connectivity index is 0.00000128. The van der Waals surface area contributed by atoms with Crippen molar-refractivity contribution in [3.05, 3.63) is 24.3 Å². The topological polar surface area (TPSA) is 62.9 Å². The average Bonchev–Trinajstić information content (AvgIpc) is 2.77. The SMILES string of the molecule is COc1ccc(N2CCN=C2NN)cc1.I. The number of anilines is 1. The predicted octanol–water partition coefficient (Wildman–Crippen LogP) is 0.952. The molecule has 5 nitrogen and oxygen atoms in total. The normalized spacial score (nSPS) is 14.1. The van der Waals surface area contributed by atoms with Crippen LogP contribution in [0.1, 0.15) is 0 Å². The third kappa shape index (κ3) is 2.56. The fraction of sp³-hybridized carbons (Fsp3) is 0.300. The summed E-state index contributed by atoms with van der Waals surface area (Å²) in [5.41, 5.74) is 3.65. The Labute approximate surface area is 112 Å². The molecule has 0 radical (unpaired) electrons. The predicted molar refractivity (Wildman–Crippen MR) is 75.4 cm³/mol. The zero-order valence-electron chi connectivity index (χ0n) is 9.01. The minimum Gasteiger partial charge on any atom is -0.497 e. The lowest BCUT2D eigenvalue weighted by atomic mass is 10.3. The molecular weight excluding hydrogens is 319 g/mol. The average molecular weight is 334 g/mol. The first-order valence-corrected chi connectivity index (χ1v) is 4.78. The minimum atomic E-state index is 0. The van der Waals surface area contributed by atoms with E-state index in [9.17, 15) is 0 Å². The highest BCUT2D eigenvalue weighted by atomic mass is 127. The Morgan fingerprint density at radius 2 is 2.06 bits per heavy atom. The molecule has 1 aliphatic heterocycles. The number of nitrogens with two attached hydrogens (primary N) is 1. The van der Waals surface area contributed by atoms with Crippen LogP contribution < -0.4 is 20.9 Å². The van der Waals surface area contributed by atoms with Crippen LogP contribution in [0.15, 0.2) is 29.3 Å². The van der Waals surface area contributed by atoms with Crippen LogP contribution in [0.3, 0.4) is 0 Å². The van der Waals surface area contributed by atoms with E-state index in [1.54, 1.807) is 7.11 Å². The molecular formula is C10H15IN4O. The van der Waals surface area contributed by atoms with Gasteiger partial charge in [0.2, 0.25) is 5.96 Å². The third-order valence-electron chi connectivity index (χ3n) is 2.35. The van der Waals surface area contributed by atoms with Gasteiger partial charge in [-0.1, -0.05) is 0 Å². The molecule has 0 saturated carbocycles. The Morgan fingerprint density at radius 3 is 2.62 bits per heavy atom. The number of hydrogen-bond acceptors (Lipinski definition) is 5. The van der Waals surface area contributed by atoms with Gasteiger partial charge in [0.1, 0.15) is 5.75 Å². The largest absolute Gasteiger partial charge is 0.497 e. The smallest absolute Gasteiger partial charge is 0.213 e. The van der Waals surface area contributed by atoms with Gasteiger partial charge in [0.05, 0.1) is 13.7 Å². The highest BCUT2D eigenvalue weighted by Crippen LogP contribution is 2.20. The number of halogens is 1. The molecule has 0 unspecified atom stereocenters. The summed E-state index contributed by atoms with van der Waals surface area (Å²) in [6.45, 7) is 1.62. The third-order valence-corrected chi connectivity index (χ3v) is 2.35. The summed E-state index contributed by atoms with van der Waals surface area (Å²) in [5.74, 6) is 6.92. The fourth-order valence-electron chi connectivity index (χ4n) is 1.58. The number of nitrogens with zero attached hydrogens (tertiary/aromatic N) is 2. The lowest BCUT2D eigenvalue weighted by Gasteiger charge is -2.19. The van der Waals surface area contributed by atoms with Gasteiger partial charge in [-0.05, 0) is 24.3 Å². The van der Waals surface area contributed by atoms with Gasteiger partial charge in [-0.3, -0.25) is 5.43 Å². The van der Waals surface area contributed by atoms with Gasteiger partial charge in [0.25, 0.3) is 0 Å². The molecule has 0 aliphatic carbocycles. The molecule has 0 fully saturated rings. The van der Waals surface area contributed by atoms with Gasteiger partial charge in [0, 0.05) is 12.2 Å². The molecule has 6 heteroatoms. The van der Waals surface area contributed by atoms with Crippen molar-refractivity contribution in [2.75, 3.05) is 25.1 Å². The van der Waals surface area contributed by atoms with Crippen molar-refractivity contribution in [3.8, 4) is 5.75 Å². The number of benzene rings is 1. The molecule has 1 aromatic carbocycles. The molecule has 16 heavy (non-hydrogen) atoms. The number of hydrazine groups is 1. The quantitative estimate of drug-likeness (QED) is 0.480. The van der Waals surface area contributed by atoms with Crippen molar-refractivity contribution in [1.29, 1.82) is 0 Å². The molecule has 0 atom stereocenters. The number of methoxy groups -OCH3 is 1. The molecule has 3 N–H and O–H groups in total. The molecule has 1 heterocycles. The van der Waals surface area contributed by atoms with E-state index in [1.807, 2.05) is 29.2 Å². The summed E-state index contributed by atoms with van der Waals surface area (Å²) in [6, 6.07) is 7.80. The van der Waals surface area contributed by atoms with Gasteiger partial charge >= 0.3 is 0 Å². The van der Waals surface area contributed by atoms with E-state index < -0.39 is 0 Å². The molecule has 0 bridgehead atoms. The highest BCUT2D eigenvalue weighted by molar-refractivity contribution is 14.0. The lowest BCUT2D eigenvalue weighted by molar-refractivity contribution is 0.415. The van der Waals surface area contributed by atoms with Crippen LogP contribution in [0.4, 0.5) is 5.69 Å². The van der Waals surface area contributed by atoms with Gasteiger partial charge in [0.15, 0.2) is 0 Å². The van der Waals surface area contributed by atoms with Gasteiger partial charge < -0.3 is 9.64 Å². The molecule has 0 spiro atoms.